The third-order valence-corrected chi connectivity index (χ3v) is 2.17. The second kappa shape index (κ2) is 5.55. The quantitative estimate of drug-likeness (QED) is 0.840. The van der Waals surface area contributed by atoms with Gasteiger partial charge in [-0.15, -0.1) is 0 Å². The zero-order chi connectivity index (χ0) is 14.6. The molecule has 1 aromatic heterocycles. The molecule has 0 spiro atoms. The number of nitrogens with one attached hydrogen (secondary N) is 1. The summed E-state index contributed by atoms with van der Waals surface area (Å²) in [6, 6.07) is 0.639. The average Bonchev–Trinajstić information content (AvgIpc) is 2.25. The number of nitrogens with two attached hydrogens (primary N) is 1. The second-order valence-corrected chi connectivity index (χ2v) is 3.58. The zero-order valence-corrected chi connectivity index (χ0v) is 9.53. The van der Waals surface area contributed by atoms with Crippen molar-refractivity contribution in [3.05, 3.63) is 34.2 Å². The van der Waals surface area contributed by atoms with Gasteiger partial charge in [0.1, 0.15) is 5.56 Å². The number of hydrogen-bond donors (Lipinski definition) is 2. The van der Waals surface area contributed by atoms with Crippen LogP contribution in [0.5, 0.6) is 0 Å². The molecule has 104 valence electrons. The van der Waals surface area contributed by atoms with E-state index in [1.807, 2.05) is 0 Å². The monoisotopic (exact) mass is 277 g/mol. The Morgan fingerprint density at radius 2 is 2.00 bits per heavy atom. The van der Waals surface area contributed by atoms with Crippen LogP contribution in [0.4, 0.5) is 18.0 Å². The van der Waals surface area contributed by atoms with Crippen LogP contribution in [-0.4, -0.2) is 16.5 Å². The maximum atomic E-state index is 12.4. The third kappa shape index (κ3) is 4.12. The number of pyridine rings is 1. The Balaban J connectivity index is 2.84. The lowest BCUT2D eigenvalue weighted by atomic mass is 10.2. The average molecular weight is 277 g/mol. The van der Waals surface area contributed by atoms with Crippen LogP contribution in [0.15, 0.2) is 23.1 Å². The molecule has 9 heteroatoms. The van der Waals surface area contributed by atoms with Crippen LogP contribution < -0.4 is 16.6 Å². The van der Waals surface area contributed by atoms with Crippen molar-refractivity contribution in [2.75, 3.05) is 0 Å². The topological polar surface area (TPSA) is 94.2 Å². The number of halogens is 3. The van der Waals surface area contributed by atoms with Crippen molar-refractivity contribution in [1.29, 1.82) is 0 Å². The lowest BCUT2D eigenvalue weighted by molar-refractivity contribution is -0.138. The largest absolute Gasteiger partial charge is 0.421 e. The number of carbonyl (C=O) groups is 2. The molecule has 1 heterocycles. The summed E-state index contributed by atoms with van der Waals surface area (Å²) >= 11 is 0. The predicted octanol–water partition coefficient (Wildman–Crippen LogP) is 0.452. The van der Waals surface area contributed by atoms with E-state index in [1.54, 1.807) is 5.32 Å². The molecule has 0 atom stereocenters. The van der Waals surface area contributed by atoms with E-state index in [0.29, 0.717) is 6.07 Å². The fourth-order valence-corrected chi connectivity index (χ4v) is 1.35. The predicted molar refractivity (Wildman–Crippen MR) is 58.0 cm³/mol. The van der Waals surface area contributed by atoms with Crippen molar-refractivity contribution in [2.45, 2.75) is 19.1 Å². The van der Waals surface area contributed by atoms with Crippen LogP contribution >= 0.6 is 0 Å². The number of aryl methyl sites for hydroxylation is 1. The number of urea groups is 1. The normalized spacial score (nSPS) is 11.1. The van der Waals surface area contributed by atoms with Crippen molar-refractivity contribution in [2.24, 2.45) is 5.73 Å². The van der Waals surface area contributed by atoms with Gasteiger partial charge in [0.05, 0.1) is 0 Å². The third-order valence-electron chi connectivity index (χ3n) is 2.17. The highest BCUT2D eigenvalue weighted by molar-refractivity contribution is 5.93. The summed E-state index contributed by atoms with van der Waals surface area (Å²) in [5.41, 5.74) is 2.12. The van der Waals surface area contributed by atoms with Gasteiger partial charge in [-0.3, -0.25) is 14.9 Å². The van der Waals surface area contributed by atoms with Crippen LogP contribution in [-0.2, 0) is 17.5 Å². The highest BCUT2D eigenvalue weighted by atomic mass is 19.4. The molecule has 0 saturated carbocycles. The van der Waals surface area contributed by atoms with Crippen molar-refractivity contribution in [3.8, 4) is 0 Å². The Morgan fingerprint density at radius 3 is 2.53 bits per heavy atom. The zero-order valence-electron chi connectivity index (χ0n) is 9.53. The van der Waals surface area contributed by atoms with E-state index >= 15 is 0 Å². The van der Waals surface area contributed by atoms with Crippen LogP contribution in [0, 0.1) is 0 Å². The molecule has 0 aromatic carbocycles. The fraction of sp³-hybridized carbons (Fsp3) is 0.300. The van der Waals surface area contributed by atoms with Gasteiger partial charge in [0, 0.05) is 19.2 Å². The number of imide groups is 1. The van der Waals surface area contributed by atoms with Gasteiger partial charge >= 0.3 is 12.2 Å². The van der Waals surface area contributed by atoms with E-state index in [2.05, 4.69) is 5.73 Å². The van der Waals surface area contributed by atoms with Crippen molar-refractivity contribution in [1.82, 2.24) is 9.88 Å². The molecular formula is C10H10F3N3O3. The van der Waals surface area contributed by atoms with E-state index in [9.17, 15) is 27.6 Å². The number of amides is 3. The Kier molecular flexibility index (Phi) is 4.30. The molecule has 19 heavy (non-hydrogen) atoms. The highest BCUT2D eigenvalue weighted by Crippen LogP contribution is 2.25. The molecule has 0 saturated heterocycles. The van der Waals surface area contributed by atoms with Gasteiger partial charge in [-0.1, -0.05) is 0 Å². The smallest absolute Gasteiger partial charge is 0.351 e. The number of nitrogens with zero attached hydrogens (tertiary/aromatic N) is 1. The first-order valence-corrected chi connectivity index (χ1v) is 5.07. The van der Waals surface area contributed by atoms with Gasteiger partial charge < -0.3 is 10.3 Å². The number of alkyl halides is 3. The SMILES string of the molecule is NC(=O)NC(=O)CCn1cccc(C(F)(F)F)c1=O. The highest BCUT2D eigenvalue weighted by Gasteiger charge is 2.34. The molecule has 0 bridgehead atoms. The molecule has 0 aliphatic rings. The van der Waals surface area contributed by atoms with Gasteiger partial charge in [-0.25, -0.2) is 4.79 Å². The van der Waals surface area contributed by atoms with E-state index in [4.69, 9.17) is 0 Å². The molecule has 0 radical (unpaired) electrons. The molecular weight excluding hydrogens is 267 g/mol. The van der Waals surface area contributed by atoms with E-state index < -0.39 is 29.2 Å². The van der Waals surface area contributed by atoms with Gasteiger partial charge in [0.15, 0.2) is 0 Å². The number of hydrogen-bond acceptors (Lipinski definition) is 3. The van der Waals surface area contributed by atoms with Crippen LogP contribution in [0.25, 0.3) is 0 Å². The maximum absolute atomic E-state index is 12.4. The van der Waals surface area contributed by atoms with Gasteiger partial charge in [-0.2, -0.15) is 13.2 Å². The number of aromatic nitrogens is 1. The van der Waals surface area contributed by atoms with E-state index in [0.717, 1.165) is 16.8 Å². The van der Waals surface area contributed by atoms with E-state index in [-0.39, 0.29) is 13.0 Å². The Labute approximate surface area is 105 Å². The minimum Gasteiger partial charge on any atom is -0.351 e. The summed E-state index contributed by atoms with van der Waals surface area (Å²) in [6.45, 7) is -0.290. The standard InChI is InChI=1S/C10H10F3N3O3/c11-10(12,13)6-2-1-4-16(8(6)18)5-3-7(17)15-9(14)19/h1-2,4H,3,5H2,(H3,14,15,17,19). The lowest BCUT2D eigenvalue weighted by Crippen LogP contribution is -2.36. The molecule has 6 nitrogen and oxygen atoms in total. The Hall–Kier alpha value is -2.32. The van der Waals surface area contributed by atoms with Crippen LogP contribution in [0.3, 0.4) is 0 Å². The summed E-state index contributed by atoms with van der Waals surface area (Å²) in [7, 11) is 0. The van der Waals surface area contributed by atoms with Crippen molar-refractivity contribution < 1.29 is 22.8 Å². The summed E-state index contributed by atoms with van der Waals surface area (Å²) in [4.78, 5) is 32.9. The van der Waals surface area contributed by atoms with Crippen LogP contribution in [0.2, 0.25) is 0 Å². The van der Waals surface area contributed by atoms with Crippen molar-refractivity contribution in [3.63, 3.8) is 0 Å². The van der Waals surface area contributed by atoms with Gasteiger partial charge in [-0.05, 0) is 12.1 Å². The molecule has 3 N–H and O–H groups in total. The van der Waals surface area contributed by atoms with E-state index in [1.165, 1.54) is 0 Å². The maximum Gasteiger partial charge on any atom is 0.421 e. The minimum absolute atomic E-state index is 0.290. The molecule has 0 fully saturated rings. The molecule has 3 amide bonds. The van der Waals surface area contributed by atoms with Crippen molar-refractivity contribution >= 4 is 11.9 Å². The number of carbonyl (C=O) groups excluding carboxylic acids is 2. The first-order chi connectivity index (χ1) is 8.71. The Bertz CT molecular complexity index is 551. The molecule has 0 aliphatic heterocycles. The summed E-state index contributed by atoms with van der Waals surface area (Å²) in [5, 5.41) is 1.74. The summed E-state index contributed by atoms with van der Waals surface area (Å²) < 4.78 is 38.1. The fourth-order valence-electron chi connectivity index (χ4n) is 1.35. The summed E-state index contributed by atoms with van der Waals surface area (Å²) in [6.07, 6.45) is -3.98. The first kappa shape index (κ1) is 14.7. The molecule has 0 unspecified atom stereocenters. The van der Waals surface area contributed by atoms with Gasteiger partial charge in [0.25, 0.3) is 5.56 Å². The lowest BCUT2D eigenvalue weighted by Gasteiger charge is -2.09. The molecule has 1 rings (SSSR count). The van der Waals surface area contributed by atoms with Gasteiger partial charge in [0.2, 0.25) is 5.91 Å². The molecule has 0 aliphatic carbocycles. The first-order valence-electron chi connectivity index (χ1n) is 5.07. The Morgan fingerprint density at radius 1 is 1.37 bits per heavy atom. The number of rotatable bonds is 3. The number of primary amides is 1. The molecule has 1 aromatic rings. The summed E-state index contributed by atoms with van der Waals surface area (Å²) in [5.74, 6) is -0.781. The van der Waals surface area contributed by atoms with Crippen LogP contribution in [0.1, 0.15) is 12.0 Å². The second-order valence-electron chi connectivity index (χ2n) is 3.58. The minimum atomic E-state index is -4.75.